The van der Waals surface area contributed by atoms with Crippen LogP contribution < -0.4 is 5.73 Å². The maximum absolute atomic E-state index is 13.2. The third kappa shape index (κ3) is 2.70. The SMILES string of the molecule is Cc1ccc(N)cc1-c1ccc(F)c(C(F)(F)F)c1. The normalized spacial score (nSPS) is 11.6. The van der Waals surface area contributed by atoms with E-state index in [0.717, 1.165) is 17.7 Å². The number of nitrogen functional groups attached to an aromatic ring is 1. The Balaban J connectivity index is 2.61. The highest BCUT2D eigenvalue weighted by molar-refractivity contribution is 5.71. The summed E-state index contributed by atoms with van der Waals surface area (Å²) in [6.45, 7) is 1.76. The van der Waals surface area contributed by atoms with Crippen molar-refractivity contribution in [2.45, 2.75) is 13.1 Å². The Bertz CT molecular complexity index is 617. The number of benzene rings is 2. The van der Waals surface area contributed by atoms with Gasteiger partial charge in [0.15, 0.2) is 0 Å². The van der Waals surface area contributed by atoms with Crippen LogP contribution in [0.5, 0.6) is 0 Å². The molecule has 0 aliphatic carbocycles. The van der Waals surface area contributed by atoms with Gasteiger partial charge in [0, 0.05) is 5.69 Å². The molecule has 1 nitrogen and oxygen atoms in total. The van der Waals surface area contributed by atoms with Crippen molar-refractivity contribution in [1.29, 1.82) is 0 Å². The molecule has 0 spiro atoms. The van der Waals surface area contributed by atoms with Crippen LogP contribution in [0.3, 0.4) is 0 Å². The Labute approximate surface area is 107 Å². The highest BCUT2D eigenvalue weighted by atomic mass is 19.4. The fourth-order valence-electron chi connectivity index (χ4n) is 1.86. The summed E-state index contributed by atoms with van der Waals surface area (Å²) in [5, 5.41) is 0. The van der Waals surface area contributed by atoms with E-state index in [1.165, 1.54) is 6.07 Å². The van der Waals surface area contributed by atoms with E-state index in [2.05, 4.69) is 0 Å². The molecule has 2 rings (SSSR count). The first-order valence-electron chi connectivity index (χ1n) is 5.52. The summed E-state index contributed by atoms with van der Waals surface area (Å²) < 4.78 is 51.2. The Hall–Kier alpha value is -2.04. The van der Waals surface area contributed by atoms with Gasteiger partial charge in [-0.05, 0) is 47.9 Å². The minimum absolute atomic E-state index is 0.290. The van der Waals surface area contributed by atoms with Crippen LogP contribution in [-0.2, 0) is 6.18 Å². The molecule has 0 heterocycles. The number of halogens is 4. The predicted molar refractivity (Wildman–Crippen MR) is 66.0 cm³/mol. The second-order valence-corrected chi connectivity index (χ2v) is 4.27. The number of rotatable bonds is 1. The van der Waals surface area contributed by atoms with Crippen molar-refractivity contribution in [1.82, 2.24) is 0 Å². The van der Waals surface area contributed by atoms with Crippen molar-refractivity contribution in [2.24, 2.45) is 0 Å². The number of anilines is 1. The molecule has 0 fully saturated rings. The van der Waals surface area contributed by atoms with Crippen molar-refractivity contribution in [3.05, 3.63) is 53.3 Å². The topological polar surface area (TPSA) is 26.0 Å². The summed E-state index contributed by atoms with van der Waals surface area (Å²) in [4.78, 5) is 0. The maximum Gasteiger partial charge on any atom is 0.419 e. The lowest BCUT2D eigenvalue weighted by Crippen LogP contribution is -2.08. The van der Waals surface area contributed by atoms with Crippen LogP contribution in [0.25, 0.3) is 11.1 Å². The van der Waals surface area contributed by atoms with Gasteiger partial charge in [-0.25, -0.2) is 4.39 Å². The molecule has 0 amide bonds. The van der Waals surface area contributed by atoms with Crippen LogP contribution in [0.2, 0.25) is 0 Å². The molecule has 0 saturated carbocycles. The van der Waals surface area contributed by atoms with Crippen LogP contribution >= 0.6 is 0 Å². The second kappa shape index (κ2) is 4.57. The van der Waals surface area contributed by atoms with Gasteiger partial charge in [-0.2, -0.15) is 13.2 Å². The zero-order valence-electron chi connectivity index (χ0n) is 10.1. The molecule has 0 saturated heterocycles. The molecule has 0 bridgehead atoms. The Kier molecular flexibility index (Phi) is 3.22. The fourth-order valence-corrected chi connectivity index (χ4v) is 1.86. The van der Waals surface area contributed by atoms with Gasteiger partial charge in [0.1, 0.15) is 5.82 Å². The van der Waals surface area contributed by atoms with Crippen molar-refractivity contribution >= 4 is 5.69 Å². The lowest BCUT2D eigenvalue weighted by atomic mass is 9.98. The minimum Gasteiger partial charge on any atom is -0.399 e. The van der Waals surface area contributed by atoms with Crippen molar-refractivity contribution < 1.29 is 17.6 Å². The maximum atomic E-state index is 13.2. The molecule has 0 aliphatic rings. The number of nitrogens with two attached hydrogens (primary N) is 1. The van der Waals surface area contributed by atoms with Crippen LogP contribution in [0.1, 0.15) is 11.1 Å². The molecule has 0 aromatic heterocycles. The van der Waals surface area contributed by atoms with E-state index in [9.17, 15) is 17.6 Å². The van der Waals surface area contributed by atoms with Gasteiger partial charge in [0.05, 0.1) is 5.56 Å². The zero-order valence-corrected chi connectivity index (χ0v) is 10.1. The summed E-state index contributed by atoms with van der Waals surface area (Å²) in [5.41, 5.74) is 6.42. The highest BCUT2D eigenvalue weighted by Crippen LogP contribution is 2.35. The third-order valence-corrected chi connectivity index (χ3v) is 2.84. The molecule has 100 valence electrons. The van der Waals surface area contributed by atoms with Gasteiger partial charge in [0.25, 0.3) is 0 Å². The van der Waals surface area contributed by atoms with Gasteiger partial charge in [-0.1, -0.05) is 12.1 Å². The molecular weight excluding hydrogens is 258 g/mol. The summed E-state index contributed by atoms with van der Waals surface area (Å²) in [6, 6.07) is 7.88. The fraction of sp³-hybridized carbons (Fsp3) is 0.143. The minimum atomic E-state index is -4.71. The van der Waals surface area contributed by atoms with Crippen LogP contribution in [0, 0.1) is 12.7 Å². The molecule has 0 unspecified atom stereocenters. The third-order valence-electron chi connectivity index (χ3n) is 2.84. The van der Waals surface area contributed by atoms with Gasteiger partial charge < -0.3 is 5.73 Å². The lowest BCUT2D eigenvalue weighted by molar-refractivity contribution is -0.139. The zero-order chi connectivity index (χ0) is 14.2. The summed E-state index contributed by atoms with van der Waals surface area (Å²) >= 11 is 0. The van der Waals surface area contributed by atoms with Crippen LogP contribution in [-0.4, -0.2) is 0 Å². The summed E-state index contributed by atoms with van der Waals surface area (Å²) in [5.74, 6) is -1.28. The van der Waals surface area contributed by atoms with Crippen LogP contribution in [0.4, 0.5) is 23.2 Å². The van der Waals surface area contributed by atoms with E-state index in [1.54, 1.807) is 25.1 Å². The molecular formula is C14H11F4N. The second-order valence-electron chi connectivity index (χ2n) is 4.27. The summed E-state index contributed by atoms with van der Waals surface area (Å²) in [7, 11) is 0. The first-order chi connectivity index (χ1) is 8.79. The molecule has 2 aromatic rings. The van der Waals surface area contributed by atoms with E-state index in [-0.39, 0.29) is 0 Å². The van der Waals surface area contributed by atoms with Crippen molar-refractivity contribution in [2.75, 3.05) is 5.73 Å². The monoisotopic (exact) mass is 269 g/mol. The van der Waals surface area contributed by atoms with E-state index in [0.29, 0.717) is 16.8 Å². The molecule has 19 heavy (non-hydrogen) atoms. The van der Waals surface area contributed by atoms with Gasteiger partial charge in [0.2, 0.25) is 0 Å². The van der Waals surface area contributed by atoms with Crippen molar-refractivity contribution in [3.8, 4) is 11.1 Å². The Morgan fingerprint density at radius 2 is 1.68 bits per heavy atom. The van der Waals surface area contributed by atoms with Gasteiger partial charge in [-0.15, -0.1) is 0 Å². The predicted octanol–water partition coefficient (Wildman–Crippen LogP) is 4.40. The largest absolute Gasteiger partial charge is 0.419 e. The van der Waals surface area contributed by atoms with Crippen LogP contribution in [0.15, 0.2) is 36.4 Å². The van der Waals surface area contributed by atoms with E-state index < -0.39 is 17.6 Å². The Morgan fingerprint density at radius 3 is 2.32 bits per heavy atom. The average Bonchev–Trinajstić information content (AvgIpc) is 2.31. The summed E-state index contributed by atoms with van der Waals surface area (Å²) in [6.07, 6.45) is -4.71. The number of alkyl halides is 3. The molecule has 2 N–H and O–H groups in total. The van der Waals surface area contributed by atoms with Gasteiger partial charge in [-0.3, -0.25) is 0 Å². The smallest absolute Gasteiger partial charge is 0.399 e. The van der Waals surface area contributed by atoms with Gasteiger partial charge >= 0.3 is 6.18 Å². The van der Waals surface area contributed by atoms with E-state index in [1.807, 2.05) is 0 Å². The number of hydrogen-bond donors (Lipinski definition) is 1. The van der Waals surface area contributed by atoms with E-state index in [4.69, 9.17) is 5.73 Å². The molecule has 2 aromatic carbocycles. The molecule has 0 aliphatic heterocycles. The van der Waals surface area contributed by atoms with E-state index >= 15 is 0 Å². The van der Waals surface area contributed by atoms with Crippen molar-refractivity contribution in [3.63, 3.8) is 0 Å². The number of hydrogen-bond acceptors (Lipinski definition) is 1. The highest BCUT2D eigenvalue weighted by Gasteiger charge is 2.34. The Morgan fingerprint density at radius 1 is 1.00 bits per heavy atom. The molecule has 0 atom stereocenters. The quantitative estimate of drug-likeness (QED) is 0.602. The first-order valence-corrected chi connectivity index (χ1v) is 5.52. The molecule has 5 heteroatoms. The lowest BCUT2D eigenvalue weighted by Gasteiger charge is -2.12. The molecule has 0 radical (unpaired) electrons. The number of aryl methyl sites for hydroxylation is 1. The first kappa shape index (κ1) is 13.4. The average molecular weight is 269 g/mol. The standard InChI is InChI=1S/C14H11F4N/c1-8-2-4-10(19)7-11(8)9-3-5-13(15)12(6-9)14(16,17)18/h2-7H,19H2,1H3.